The molecule has 122 valence electrons. The van der Waals surface area contributed by atoms with Gasteiger partial charge < -0.3 is 4.74 Å². The van der Waals surface area contributed by atoms with Gasteiger partial charge in [0.2, 0.25) is 10.0 Å². The molecule has 0 aliphatic rings. The fraction of sp³-hybridized carbons (Fsp3) is 0.200. The molecule has 0 aromatic heterocycles. The van der Waals surface area contributed by atoms with Gasteiger partial charge in [-0.3, -0.25) is 10.1 Å². The lowest BCUT2D eigenvalue weighted by atomic mass is 10.2. The molecular formula is C15H16N2O5S. The van der Waals surface area contributed by atoms with Gasteiger partial charge in [0, 0.05) is 18.7 Å². The summed E-state index contributed by atoms with van der Waals surface area (Å²) in [5.74, 6) is 0.717. The number of sulfonamides is 1. The quantitative estimate of drug-likeness (QED) is 0.618. The smallest absolute Gasteiger partial charge is 0.269 e. The number of nitrogens with zero attached hydrogens (tertiary/aromatic N) is 1. The van der Waals surface area contributed by atoms with Crippen molar-refractivity contribution in [2.24, 2.45) is 0 Å². The minimum Gasteiger partial charge on any atom is -0.494 e. The SMILES string of the molecule is CCOc1ccc(CNS(=O)(=O)c2ccc([N+](=O)[O-])cc2)cc1. The van der Waals surface area contributed by atoms with Crippen molar-refractivity contribution < 1.29 is 18.1 Å². The first-order valence-corrected chi connectivity index (χ1v) is 8.36. The largest absolute Gasteiger partial charge is 0.494 e. The average Bonchev–Trinajstić information content (AvgIpc) is 2.55. The zero-order valence-electron chi connectivity index (χ0n) is 12.4. The normalized spacial score (nSPS) is 11.2. The number of hydrogen-bond acceptors (Lipinski definition) is 5. The van der Waals surface area contributed by atoms with E-state index in [0.717, 1.165) is 23.4 Å². The molecule has 0 aliphatic heterocycles. The molecule has 2 aromatic carbocycles. The van der Waals surface area contributed by atoms with E-state index in [1.165, 1.54) is 12.1 Å². The second kappa shape index (κ2) is 7.21. The Morgan fingerprint density at radius 2 is 1.70 bits per heavy atom. The summed E-state index contributed by atoms with van der Waals surface area (Å²) in [6, 6.07) is 11.8. The summed E-state index contributed by atoms with van der Waals surface area (Å²) in [4.78, 5) is 9.98. The highest BCUT2D eigenvalue weighted by atomic mass is 32.2. The van der Waals surface area contributed by atoms with Gasteiger partial charge in [-0.2, -0.15) is 0 Å². The van der Waals surface area contributed by atoms with Crippen LogP contribution in [0.2, 0.25) is 0 Å². The van der Waals surface area contributed by atoms with Crippen LogP contribution < -0.4 is 9.46 Å². The third kappa shape index (κ3) is 4.51. The molecule has 0 saturated heterocycles. The fourth-order valence-electron chi connectivity index (χ4n) is 1.88. The number of rotatable bonds is 7. The second-order valence-corrected chi connectivity index (χ2v) is 6.42. The molecule has 7 nitrogen and oxygen atoms in total. The predicted molar refractivity (Wildman–Crippen MR) is 84.7 cm³/mol. The Kier molecular flexibility index (Phi) is 5.30. The van der Waals surface area contributed by atoms with Crippen molar-refractivity contribution >= 4 is 15.7 Å². The zero-order valence-corrected chi connectivity index (χ0v) is 13.2. The minimum atomic E-state index is -3.73. The van der Waals surface area contributed by atoms with Gasteiger partial charge in [0.05, 0.1) is 16.4 Å². The van der Waals surface area contributed by atoms with Crippen LogP contribution in [0.25, 0.3) is 0 Å². The Morgan fingerprint density at radius 3 is 2.22 bits per heavy atom. The van der Waals surface area contributed by atoms with E-state index in [-0.39, 0.29) is 17.1 Å². The molecule has 1 N–H and O–H groups in total. The Morgan fingerprint density at radius 1 is 1.09 bits per heavy atom. The van der Waals surface area contributed by atoms with Gasteiger partial charge >= 0.3 is 0 Å². The number of nitro benzene ring substituents is 1. The number of nitro groups is 1. The summed E-state index contributed by atoms with van der Waals surface area (Å²) >= 11 is 0. The lowest BCUT2D eigenvalue weighted by molar-refractivity contribution is -0.384. The number of ether oxygens (including phenoxy) is 1. The highest BCUT2D eigenvalue weighted by Gasteiger charge is 2.15. The number of nitrogens with one attached hydrogen (secondary N) is 1. The summed E-state index contributed by atoms with van der Waals surface area (Å²) in [6.07, 6.45) is 0. The molecule has 0 saturated carbocycles. The third-order valence-corrected chi connectivity index (χ3v) is 4.48. The monoisotopic (exact) mass is 336 g/mol. The van der Waals surface area contributed by atoms with Crippen molar-refractivity contribution in [1.82, 2.24) is 4.72 Å². The number of hydrogen-bond donors (Lipinski definition) is 1. The molecule has 0 aliphatic carbocycles. The Balaban J connectivity index is 2.04. The molecule has 0 unspecified atom stereocenters. The van der Waals surface area contributed by atoms with E-state index >= 15 is 0 Å². The van der Waals surface area contributed by atoms with Crippen LogP contribution in [0.3, 0.4) is 0 Å². The summed E-state index contributed by atoms with van der Waals surface area (Å²) in [5.41, 5.74) is 0.620. The highest BCUT2D eigenvalue weighted by Crippen LogP contribution is 2.16. The maximum Gasteiger partial charge on any atom is 0.269 e. The molecule has 2 aromatic rings. The first-order chi connectivity index (χ1) is 10.9. The van der Waals surface area contributed by atoms with Crippen molar-refractivity contribution in [1.29, 1.82) is 0 Å². The lowest BCUT2D eigenvalue weighted by Gasteiger charge is -2.08. The molecule has 0 bridgehead atoms. The topological polar surface area (TPSA) is 98.5 Å². The van der Waals surface area contributed by atoms with Crippen LogP contribution in [0.1, 0.15) is 12.5 Å². The molecule has 0 atom stereocenters. The maximum absolute atomic E-state index is 12.2. The van der Waals surface area contributed by atoms with Crippen LogP contribution in [0, 0.1) is 10.1 Å². The van der Waals surface area contributed by atoms with Gasteiger partial charge in [-0.05, 0) is 36.8 Å². The first kappa shape index (κ1) is 16.9. The summed E-state index contributed by atoms with van der Waals surface area (Å²) in [7, 11) is -3.73. The standard InChI is InChI=1S/C15H16N2O5S/c1-2-22-14-7-3-12(4-8-14)11-16-23(20,21)15-9-5-13(6-10-15)17(18)19/h3-10,16H,2,11H2,1H3. The molecule has 0 heterocycles. The molecule has 0 amide bonds. The van der Waals surface area contributed by atoms with Gasteiger partial charge in [-0.1, -0.05) is 12.1 Å². The van der Waals surface area contributed by atoms with E-state index in [1.54, 1.807) is 24.3 Å². The van der Waals surface area contributed by atoms with Crippen LogP contribution in [-0.4, -0.2) is 19.9 Å². The van der Waals surface area contributed by atoms with Gasteiger partial charge in [-0.15, -0.1) is 0 Å². The number of benzene rings is 2. The van der Waals surface area contributed by atoms with Gasteiger partial charge in [0.25, 0.3) is 5.69 Å². The van der Waals surface area contributed by atoms with E-state index in [1.807, 2.05) is 6.92 Å². The van der Waals surface area contributed by atoms with Gasteiger partial charge in [-0.25, -0.2) is 13.1 Å². The van der Waals surface area contributed by atoms with E-state index in [4.69, 9.17) is 4.74 Å². The third-order valence-electron chi connectivity index (χ3n) is 3.06. The molecule has 23 heavy (non-hydrogen) atoms. The van der Waals surface area contributed by atoms with Crippen molar-refractivity contribution in [3.63, 3.8) is 0 Å². The second-order valence-electron chi connectivity index (χ2n) is 4.65. The maximum atomic E-state index is 12.2. The molecule has 0 fully saturated rings. The molecule has 8 heteroatoms. The predicted octanol–water partition coefficient (Wildman–Crippen LogP) is 2.47. The fourth-order valence-corrected chi connectivity index (χ4v) is 2.90. The Labute approximate surface area is 134 Å². The van der Waals surface area contributed by atoms with Crippen LogP contribution >= 0.6 is 0 Å². The molecule has 0 spiro atoms. The van der Waals surface area contributed by atoms with E-state index in [2.05, 4.69) is 4.72 Å². The van der Waals surface area contributed by atoms with Crippen molar-refractivity contribution in [3.8, 4) is 5.75 Å². The van der Waals surface area contributed by atoms with Crippen LogP contribution in [0.4, 0.5) is 5.69 Å². The Hall–Kier alpha value is -2.45. The molecule has 0 radical (unpaired) electrons. The zero-order chi connectivity index (χ0) is 16.9. The minimum absolute atomic E-state index is 0.0194. The van der Waals surface area contributed by atoms with Crippen LogP contribution in [-0.2, 0) is 16.6 Å². The van der Waals surface area contributed by atoms with Crippen molar-refractivity contribution in [2.45, 2.75) is 18.4 Å². The van der Waals surface area contributed by atoms with Crippen LogP contribution in [0.15, 0.2) is 53.4 Å². The first-order valence-electron chi connectivity index (χ1n) is 6.88. The Bertz CT molecular complexity index is 771. The summed E-state index contributed by atoms with van der Waals surface area (Å²) < 4.78 is 32.1. The van der Waals surface area contributed by atoms with E-state index < -0.39 is 14.9 Å². The summed E-state index contributed by atoms with van der Waals surface area (Å²) in [5, 5.41) is 10.6. The van der Waals surface area contributed by atoms with Crippen molar-refractivity contribution in [2.75, 3.05) is 6.61 Å². The van der Waals surface area contributed by atoms with Gasteiger partial charge in [0.1, 0.15) is 5.75 Å². The molecule has 2 rings (SSSR count). The number of non-ortho nitro benzene ring substituents is 1. The highest BCUT2D eigenvalue weighted by molar-refractivity contribution is 7.89. The lowest BCUT2D eigenvalue weighted by Crippen LogP contribution is -2.23. The average molecular weight is 336 g/mol. The van der Waals surface area contributed by atoms with Gasteiger partial charge in [0.15, 0.2) is 0 Å². The van der Waals surface area contributed by atoms with Crippen LogP contribution in [0.5, 0.6) is 5.75 Å². The molecular weight excluding hydrogens is 320 g/mol. The van der Waals surface area contributed by atoms with E-state index in [0.29, 0.717) is 6.61 Å². The van der Waals surface area contributed by atoms with Crippen molar-refractivity contribution in [3.05, 3.63) is 64.2 Å². The summed E-state index contributed by atoms with van der Waals surface area (Å²) in [6.45, 7) is 2.56. The van der Waals surface area contributed by atoms with E-state index in [9.17, 15) is 18.5 Å².